The molecule has 1 aliphatic heterocycles. The maximum atomic E-state index is 13.0. The van der Waals surface area contributed by atoms with Crippen molar-refractivity contribution in [3.05, 3.63) is 58.9 Å². The zero-order valence-electron chi connectivity index (χ0n) is 16.8. The third kappa shape index (κ3) is 4.11. The second-order valence-corrected chi connectivity index (χ2v) is 7.48. The van der Waals surface area contributed by atoms with Crippen molar-refractivity contribution >= 4 is 17.5 Å². The zero-order chi connectivity index (χ0) is 21.1. The van der Waals surface area contributed by atoms with E-state index >= 15 is 0 Å². The van der Waals surface area contributed by atoms with Crippen molar-refractivity contribution < 1.29 is 18.8 Å². The molecule has 1 aromatic heterocycles. The zero-order valence-corrected chi connectivity index (χ0v) is 17.6. The molecule has 1 aliphatic rings. The average Bonchev–Trinajstić information content (AvgIpc) is 3.43. The molecule has 2 aromatic carbocycles. The van der Waals surface area contributed by atoms with Crippen molar-refractivity contribution in [2.24, 2.45) is 0 Å². The molecule has 0 N–H and O–H groups in total. The van der Waals surface area contributed by atoms with E-state index in [4.69, 9.17) is 25.6 Å². The molecule has 0 radical (unpaired) electrons. The number of likely N-dealkylation sites (tertiary alicyclic amines) is 1. The molecule has 0 unspecified atom stereocenters. The summed E-state index contributed by atoms with van der Waals surface area (Å²) in [6, 6.07) is 12.6. The third-order valence-electron chi connectivity index (χ3n) is 5.22. The van der Waals surface area contributed by atoms with Crippen LogP contribution in [0.15, 0.2) is 47.0 Å². The smallest absolute Gasteiger partial charge is 0.249 e. The normalized spacial score (nSPS) is 16.0. The van der Waals surface area contributed by atoms with Gasteiger partial charge in [0.25, 0.3) is 0 Å². The molecule has 3 aromatic rings. The molecule has 7 nitrogen and oxygen atoms in total. The average molecular weight is 428 g/mol. The largest absolute Gasteiger partial charge is 0.497 e. The Hall–Kier alpha value is -3.06. The van der Waals surface area contributed by atoms with E-state index in [-0.39, 0.29) is 18.4 Å². The van der Waals surface area contributed by atoms with E-state index in [0.29, 0.717) is 29.0 Å². The monoisotopic (exact) mass is 427 g/mol. The van der Waals surface area contributed by atoms with E-state index in [2.05, 4.69) is 10.1 Å². The summed E-state index contributed by atoms with van der Waals surface area (Å²) < 4.78 is 15.9. The van der Waals surface area contributed by atoms with Gasteiger partial charge in [0.1, 0.15) is 17.5 Å². The fourth-order valence-corrected chi connectivity index (χ4v) is 3.93. The lowest BCUT2D eigenvalue weighted by molar-refractivity contribution is -0.131. The fraction of sp³-hybridized carbons (Fsp3) is 0.318. The topological polar surface area (TPSA) is 77.7 Å². The number of hydrogen-bond donors (Lipinski definition) is 0. The van der Waals surface area contributed by atoms with Crippen LogP contribution < -0.4 is 9.47 Å². The van der Waals surface area contributed by atoms with Gasteiger partial charge in [-0.05, 0) is 54.8 Å². The number of ether oxygens (including phenoxy) is 2. The van der Waals surface area contributed by atoms with Crippen LogP contribution in [0.5, 0.6) is 11.5 Å². The third-order valence-corrected chi connectivity index (χ3v) is 5.52. The van der Waals surface area contributed by atoms with Gasteiger partial charge in [0.2, 0.25) is 17.6 Å². The molecule has 8 heteroatoms. The Kier molecular flexibility index (Phi) is 5.90. The van der Waals surface area contributed by atoms with Gasteiger partial charge in [-0.25, -0.2) is 0 Å². The van der Waals surface area contributed by atoms with Crippen LogP contribution in [0.1, 0.15) is 30.3 Å². The van der Waals surface area contributed by atoms with Crippen LogP contribution in [-0.2, 0) is 11.2 Å². The van der Waals surface area contributed by atoms with Crippen LogP contribution in [0, 0.1) is 0 Å². The molecule has 0 saturated carbocycles. The minimum absolute atomic E-state index is 0.00271. The van der Waals surface area contributed by atoms with Gasteiger partial charge in [0.05, 0.1) is 25.7 Å². The predicted molar refractivity (Wildman–Crippen MR) is 112 cm³/mol. The summed E-state index contributed by atoms with van der Waals surface area (Å²) in [7, 11) is 3.18. The Morgan fingerprint density at radius 3 is 2.70 bits per heavy atom. The number of hydrogen-bond acceptors (Lipinski definition) is 6. The molecule has 1 saturated heterocycles. The van der Waals surface area contributed by atoms with Gasteiger partial charge in [0, 0.05) is 12.1 Å². The summed E-state index contributed by atoms with van der Waals surface area (Å²) >= 11 is 6.19. The van der Waals surface area contributed by atoms with E-state index in [1.165, 1.54) is 0 Å². The lowest BCUT2D eigenvalue weighted by Gasteiger charge is -2.22. The first kappa shape index (κ1) is 20.2. The molecule has 1 atom stereocenters. The van der Waals surface area contributed by atoms with Gasteiger partial charge in [-0.3, -0.25) is 4.79 Å². The molecule has 0 spiro atoms. The Morgan fingerprint density at radius 2 is 2.00 bits per heavy atom. The Balaban J connectivity index is 1.48. The summed E-state index contributed by atoms with van der Waals surface area (Å²) in [6.45, 7) is 0.660. The maximum absolute atomic E-state index is 13.0. The van der Waals surface area contributed by atoms with E-state index in [1.807, 2.05) is 35.2 Å². The van der Waals surface area contributed by atoms with Crippen LogP contribution in [0.2, 0.25) is 5.02 Å². The van der Waals surface area contributed by atoms with Gasteiger partial charge < -0.3 is 18.9 Å². The quantitative estimate of drug-likeness (QED) is 0.583. The maximum Gasteiger partial charge on any atom is 0.249 e. The molecule has 1 amide bonds. The molecule has 30 heavy (non-hydrogen) atoms. The first-order valence-electron chi connectivity index (χ1n) is 9.69. The standard InChI is InChI=1S/C22H22ClN3O4/c1-28-16-8-6-15(7-9-16)21-24-22(30-25-21)18-4-3-11-26(18)20(27)13-14-5-10-19(29-2)17(23)12-14/h5-10,12,18H,3-4,11,13H2,1-2H3/t18-/m1/s1. The highest BCUT2D eigenvalue weighted by Gasteiger charge is 2.34. The van der Waals surface area contributed by atoms with Crippen LogP contribution in [0.25, 0.3) is 11.4 Å². The predicted octanol–water partition coefficient (Wildman–Crippen LogP) is 4.31. The number of methoxy groups -OCH3 is 2. The number of carbonyl (C=O) groups is 1. The highest BCUT2D eigenvalue weighted by Crippen LogP contribution is 2.33. The first-order chi connectivity index (χ1) is 14.6. The van der Waals surface area contributed by atoms with E-state index in [9.17, 15) is 4.79 Å². The summed E-state index contributed by atoms with van der Waals surface area (Å²) in [5.41, 5.74) is 1.66. The van der Waals surface area contributed by atoms with E-state index in [0.717, 1.165) is 29.7 Å². The second-order valence-electron chi connectivity index (χ2n) is 7.08. The van der Waals surface area contributed by atoms with E-state index in [1.54, 1.807) is 26.4 Å². The minimum Gasteiger partial charge on any atom is -0.497 e. The molecule has 0 bridgehead atoms. The van der Waals surface area contributed by atoms with Gasteiger partial charge in [-0.15, -0.1) is 0 Å². The van der Waals surface area contributed by atoms with Crippen LogP contribution >= 0.6 is 11.6 Å². The first-order valence-corrected chi connectivity index (χ1v) is 10.1. The van der Waals surface area contributed by atoms with Gasteiger partial charge in [-0.2, -0.15) is 4.98 Å². The number of halogens is 1. The highest BCUT2D eigenvalue weighted by atomic mass is 35.5. The van der Waals surface area contributed by atoms with Crippen molar-refractivity contribution in [1.29, 1.82) is 0 Å². The molecule has 0 aliphatic carbocycles. The Labute approximate surface area is 179 Å². The van der Waals surface area contributed by atoms with Gasteiger partial charge >= 0.3 is 0 Å². The number of carbonyl (C=O) groups excluding carboxylic acids is 1. The molecule has 1 fully saturated rings. The number of benzene rings is 2. The molecule has 156 valence electrons. The van der Waals surface area contributed by atoms with Crippen molar-refractivity contribution in [1.82, 2.24) is 15.0 Å². The van der Waals surface area contributed by atoms with Crippen molar-refractivity contribution in [3.8, 4) is 22.9 Å². The van der Waals surface area contributed by atoms with Gasteiger partial charge in [-0.1, -0.05) is 22.8 Å². The second kappa shape index (κ2) is 8.75. The van der Waals surface area contributed by atoms with Crippen molar-refractivity contribution in [3.63, 3.8) is 0 Å². The van der Waals surface area contributed by atoms with E-state index < -0.39 is 0 Å². The molecule has 4 rings (SSSR count). The highest BCUT2D eigenvalue weighted by molar-refractivity contribution is 6.32. The molecule has 2 heterocycles. The number of nitrogens with zero attached hydrogens (tertiary/aromatic N) is 3. The summed E-state index contributed by atoms with van der Waals surface area (Å²) in [4.78, 5) is 19.3. The number of amides is 1. The summed E-state index contributed by atoms with van der Waals surface area (Å²) in [6.07, 6.45) is 1.93. The molecular weight excluding hydrogens is 406 g/mol. The van der Waals surface area contributed by atoms with Gasteiger partial charge in [0.15, 0.2) is 0 Å². The summed E-state index contributed by atoms with van der Waals surface area (Å²) in [5, 5.41) is 4.59. The number of rotatable bonds is 6. The van der Waals surface area contributed by atoms with Crippen LogP contribution in [0.4, 0.5) is 0 Å². The molecular formula is C22H22ClN3O4. The van der Waals surface area contributed by atoms with Crippen LogP contribution in [-0.4, -0.2) is 41.7 Å². The van der Waals surface area contributed by atoms with Crippen LogP contribution in [0.3, 0.4) is 0 Å². The minimum atomic E-state index is -0.217. The van der Waals surface area contributed by atoms with Crippen molar-refractivity contribution in [2.75, 3.05) is 20.8 Å². The lowest BCUT2D eigenvalue weighted by Crippen LogP contribution is -2.32. The Bertz CT molecular complexity index is 1040. The fourth-order valence-electron chi connectivity index (χ4n) is 3.65. The van der Waals surface area contributed by atoms with Crippen molar-refractivity contribution in [2.45, 2.75) is 25.3 Å². The Morgan fingerprint density at radius 1 is 1.20 bits per heavy atom. The number of aromatic nitrogens is 2. The summed E-state index contributed by atoms with van der Waals surface area (Å²) in [5.74, 6) is 2.30. The SMILES string of the molecule is COc1ccc(-c2noc([C@H]3CCCN3C(=O)Cc3ccc(OC)c(Cl)c3)n2)cc1. The lowest BCUT2D eigenvalue weighted by atomic mass is 10.1.